The third kappa shape index (κ3) is 4.89. The molecule has 1 atom stereocenters. The molecule has 0 saturated carbocycles. The molecule has 0 aliphatic heterocycles. The SMILES string of the molecule is Cc1cccc(C)c1NC(=O)CN[C@@H](c1ccc(C(C)C)cc1)c1cccs1. The second-order valence-corrected chi connectivity index (χ2v) is 8.44. The maximum atomic E-state index is 12.6. The first kappa shape index (κ1) is 20.3. The van der Waals surface area contributed by atoms with Gasteiger partial charge < -0.3 is 5.32 Å². The minimum atomic E-state index is -0.0299. The predicted octanol–water partition coefficient (Wildman–Crippen LogP) is 5.81. The number of anilines is 1. The van der Waals surface area contributed by atoms with Gasteiger partial charge in [0.2, 0.25) is 5.91 Å². The number of hydrogen-bond acceptors (Lipinski definition) is 3. The molecule has 0 fully saturated rings. The average Bonchev–Trinajstić information content (AvgIpc) is 3.20. The number of carbonyl (C=O) groups excluding carboxylic acids is 1. The van der Waals surface area contributed by atoms with E-state index in [4.69, 9.17) is 0 Å². The van der Waals surface area contributed by atoms with Crippen LogP contribution < -0.4 is 10.6 Å². The lowest BCUT2D eigenvalue weighted by Crippen LogP contribution is -2.32. The third-order valence-corrected chi connectivity index (χ3v) is 5.91. The zero-order valence-corrected chi connectivity index (χ0v) is 17.8. The standard InChI is InChI=1S/C24H28N2OS/c1-16(2)19-10-12-20(13-11-19)24(21-9-6-14-28-21)25-15-22(27)26-23-17(3)7-5-8-18(23)4/h5-14,16,24-25H,15H2,1-4H3,(H,26,27)/t24-/m0/s1. The molecule has 0 saturated heterocycles. The summed E-state index contributed by atoms with van der Waals surface area (Å²) in [6, 6.07) is 18.9. The Kier molecular flexibility index (Phi) is 6.65. The summed E-state index contributed by atoms with van der Waals surface area (Å²) >= 11 is 1.70. The molecule has 0 bridgehead atoms. The number of rotatable bonds is 7. The minimum absolute atomic E-state index is 0.00456. The van der Waals surface area contributed by atoms with E-state index in [1.54, 1.807) is 11.3 Å². The van der Waals surface area contributed by atoms with Gasteiger partial charge in [-0.1, -0.05) is 62.4 Å². The molecule has 3 aromatic rings. The van der Waals surface area contributed by atoms with Crippen LogP contribution in [0.25, 0.3) is 0 Å². The fourth-order valence-corrected chi connectivity index (χ4v) is 4.13. The molecule has 4 heteroatoms. The van der Waals surface area contributed by atoms with E-state index in [0.717, 1.165) is 16.8 Å². The fourth-order valence-electron chi connectivity index (χ4n) is 3.30. The summed E-state index contributed by atoms with van der Waals surface area (Å²) in [5.41, 5.74) is 5.55. The molecule has 3 rings (SSSR count). The first-order valence-corrected chi connectivity index (χ1v) is 10.6. The van der Waals surface area contributed by atoms with E-state index in [9.17, 15) is 4.79 Å². The summed E-state index contributed by atoms with van der Waals surface area (Å²) in [5, 5.41) is 8.57. The van der Waals surface area contributed by atoms with Gasteiger partial charge >= 0.3 is 0 Å². The molecule has 146 valence electrons. The lowest BCUT2D eigenvalue weighted by molar-refractivity contribution is -0.115. The van der Waals surface area contributed by atoms with Crippen molar-refractivity contribution in [1.29, 1.82) is 0 Å². The monoisotopic (exact) mass is 392 g/mol. The number of carbonyl (C=O) groups is 1. The predicted molar refractivity (Wildman–Crippen MR) is 119 cm³/mol. The lowest BCUT2D eigenvalue weighted by Gasteiger charge is -2.19. The van der Waals surface area contributed by atoms with Crippen LogP contribution in [0.4, 0.5) is 5.69 Å². The van der Waals surface area contributed by atoms with Crippen LogP contribution in [-0.4, -0.2) is 12.5 Å². The highest BCUT2D eigenvalue weighted by Gasteiger charge is 2.17. The summed E-state index contributed by atoms with van der Waals surface area (Å²) in [4.78, 5) is 13.8. The van der Waals surface area contributed by atoms with E-state index in [-0.39, 0.29) is 18.5 Å². The van der Waals surface area contributed by atoms with Crippen molar-refractivity contribution in [3.05, 3.63) is 87.1 Å². The molecule has 2 aromatic carbocycles. The number of benzene rings is 2. The Morgan fingerprint density at radius 3 is 2.14 bits per heavy atom. The topological polar surface area (TPSA) is 41.1 Å². The molecule has 0 spiro atoms. The molecule has 0 aliphatic rings. The normalized spacial score (nSPS) is 12.2. The van der Waals surface area contributed by atoms with Gasteiger partial charge in [-0.2, -0.15) is 0 Å². The summed E-state index contributed by atoms with van der Waals surface area (Å²) in [5.74, 6) is 0.475. The van der Waals surface area contributed by atoms with Crippen molar-refractivity contribution in [2.45, 2.75) is 39.7 Å². The summed E-state index contributed by atoms with van der Waals surface area (Å²) < 4.78 is 0. The zero-order valence-electron chi connectivity index (χ0n) is 17.0. The largest absolute Gasteiger partial charge is 0.324 e. The number of thiophene rings is 1. The van der Waals surface area contributed by atoms with Crippen molar-refractivity contribution in [2.75, 3.05) is 11.9 Å². The number of para-hydroxylation sites is 1. The molecular weight excluding hydrogens is 364 g/mol. The van der Waals surface area contributed by atoms with E-state index < -0.39 is 0 Å². The second-order valence-electron chi connectivity index (χ2n) is 7.47. The van der Waals surface area contributed by atoms with Crippen LogP contribution in [0, 0.1) is 13.8 Å². The lowest BCUT2D eigenvalue weighted by atomic mass is 9.98. The molecule has 28 heavy (non-hydrogen) atoms. The van der Waals surface area contributed by atoms with Crippen molar-refractivity contribution >= 4 is 22.9 Å². The van der Waals surface area contributed by atoms with Gasteiger partial charge in [-0.3, -0.25) is 10.1 Å². The van der Waals surface area contributed by atoms with Gasteiger partial charge in [-0.05, 0) is 53.5 Å². The Hall–Kier alpha value is -2.43. The highest BCUT2D eigenvalue weighted by atomic mass is 32.1. The summed E-state index contributed by atoms with van der Waals surface area (Å²) in [7, 11) is 0. The third-order valence-electron chi connectivity index (χ3n) is 4.98. The summed E-state index contributed by atoms with van der Waals surface area (Å²) in [6.45, 7) is 8.67. The number of hydrogen-bond donors (Lipinski definition) is 2. The minimum Gasteiger partial charge on any atom is -0.324 e. The molecule has 1 amide bonds. The highest BCUT2D eigenvalue weighted by Crippen LogP contribution is 2.27. The van der Waals surface area contributed by atoms with Crippen molar-refractivity contribution in [2.24, 2.45) is 0 Å². The van der Waals surface area contributed by atoms with Crippen molar-refractivity contribution in [3.63, 3.8) is 0 Å². The zero-order chi connectivity index (χ0) is 20.1. The first-order valence-electron chi connectivity index (χ1n) is 9.68. The fraction of sp³-hybridized carbons (Fsp3) is 0.292. The van der Waals surface area contributed by atoms with Crippen LogP contribution >= 0.6 is 11.3 Å². The maximum absolute atomic E-state index is 12.6. The van der Waals surface area contributed by atoms with Crippen LogP contribution in [0.2, 0.25) is 0 Å². The van der Waals surface area contributed by atoms with Crippen molar-refractivity contribution in [3.8, 4) is 0 Å². The number of aryl methyl sites for hydroxylation is 2. The van der Waals surface area contributed by atoms with E-state index in [1.807, 2.05) is 38.1 Å². The molecule has 1 aromatic heterocycles. The van der Waals surface area contributed by atoms with Crippen LogP contribution in [0.15, 0.2) is 60.0 Å². The van der Waals surface area contributed by atoms with Gasteiger partial charge in [0.1, 0.15) is 0 Å². The van der Waals surface area contributed by atoms with E-state index in [2.05, 4.69) is 60.2 Å². The van der Waals surface area contributed by atoms with Crippen LogP contribution in [0.3, 0.4) is 0 Å². The molecule has 0 unspecified atom stereocenters. The molecule has 2 N–H and O–H groups in total. The van der Waals surface area contributed by atoms with E-state index in [0.29, 0.717) is 5.92 Å². The number of nitrogens with one attached hydrogen (secondary N) is 2. The first-order chi connectivity index (χ1) is 13.5. The van der Waals surface area contributed by atoms with Crippen molar-refractivity contribution < 1.29 is 4.79 Å². The smallest absolute Gasteiger partial charge is 0.238 e. The van der Waals surface area contributed by atoms with Gasteiger partial charge in [0.05, 0.1) is 12.6 Å². The van der Waals surface area contributed by atoms with Gasteiger partial charge in [-0.15, -0.1) is 11.3 Å². The molecular formula is C24H28N2OS. The van der Waals surface area contributed by atoms with E-state index in [1.165, 1.54) is 16.0 Å². The molecule has 0 radical (unpaired) electrons. The highest BCUT2D eigenvalue weighted by molar-refractivity contribution is 7.10. The van der Waals surface area contributed by atoms with Gasteiger partial charge in [0.15, 0.2) is 0 Å². The number of amides is 1. The molecule has 3 nitrogen and oxygen atoms in total. The Morgan fingerprint density at radius 1 is 0.929 bits per heavy atom. The van der Waals surface area contributed by atoms with E-state index >= 15 is 0 Å². The molecule has 1 heterocycles. The summed E-state index contributed by atoms with van der Waals surface area (Å²) in [6.07, 6.45) is 0. The maximum Gasteiger partial charge on any atom is 0.238 e. The Bertz CT molecular complexity index is 894. The van der Waals surface area contributed by atoms with Crippen LogP contribution in [-0.2, 0) is 4.79 Å². The second kappa shape index (κ2) is 9.18. The van der Waals surface area contributed by atoms with Gasteiger partial charge in [0, 0.05) is 10.6 Å². The van der Waals surface area contributed by atoms with Crippen LogP contribution in [0.1, 0.15) is 52.9 Å². The molecule has 0 aliphatic carbocycles. The van der Waals surface area contributed by atoms with Gasteiger partial charge in [0.25, 0.3) is 0 Å². The average molecular weight is 393 g/mol. The Morgan fingerprint density at radius 2 is 1.57 bits per heavy atom. The quantitative estimate of drug-likeness (QED) is 0.533. The van der Waals surface area contributed by atoms with Gasteiger partial charge in [-0.25, -0.2) is 0 Å². The van der Waals surface area contributed by atoms with Crippen molar-refractivity contribution in [1.82, 2.24) is 5.32 Å². The van der Waals surface area contributed by atoms with Crippen LogP contribution in [0.5, 0.6) is 0 Å². The Labute approximate surface area is 171 Å². The Balaban J connectivity index is 1.73.